The molecule has 0 bridgehead atoms. The fourth-order valence-electron chi connectivity index (χ4n) is 3.84. The lowest BCUT2D eigenvalue weighted by atomic mass is 9.77. The summed E-state index contributed by atoms with van der Waals surface area (Å²) in [5, 5.41) is 21.2. The fraction of sp³-hybridized carbons (Fsp3) is 0.0500. The number of ether oxygens (including phenoxy) is 2. The van der Waals surface area contributed by atoms with E-state index in [1.807, 2.05) is 51.2 Å². The van der Waals surface area contributed by atoms with E-state index in [2.05, 4.69) is 90.4 Å². The van der Waals surface area contributed by atoms with E-state index in [1.54, 1.807) is 18.2 Å². The van der Waals surface area contributed by atoms with Gasteiger partial charge in [0.05, 0.1) is 31.0 Å². The number of phenols is 2. The van der Waals surface area contributed by atoms with Crippen molar-refractivity contribution >= 4 is 142 Å². The molecule has 0 saturated heterocycles. The number of fused-ring (bicyclic) bond motifs is 6. The van der Waals surface area contributed by atoms with E-state index in [0.29, 0.717) is 42.5 Å². The van der Waals surface area contributed by atoms with Crippen LogP contribution in [-0.2, 0) is 10.3 Å². The van der Waals surface area contributed by atoms with Gasteiger partial charge in [-0.2, -0.15) is 0 Å². The highest BCUT2D eigenvalue weighted by atomic mass is 127. The molecule has 0 saturated carbocycles. The van der Waals surface area contributed by atoms with Crippen LogP contribution in [0, 0.1) is 21.4 Å². The summed E-state index contributed by atoms with van der Waals surface area (Å²) in [5.74, 6) is 0.620. The monoisotopic (exact) mass is 1090 g/mol. The van der Waals surface area contributed by atoms with Crippen LogP contribution in [-0.4, -0.2) is 16.2 Å². The van der Waals surface area contributed by atoms with Gasteiger partial charge in [0.1, 0.15) is 11.5 Å². The van der Waals surface area contributed by atoms with Crippen LogP contribution in [0.3, 0.4) is 0 Å². The smallest absolute Gasteiger partial charge is 0.340 e. The molecule has 0 unspecified atom stereocenters. The minimum absolute atomic E-state index is 0.102. The Morgan fingerprint density at radius 1 is 0.742 bits per heavy atom. The Kier molecular flexibility index (Phi) is 6.29. The minimum atomic E-state index is -1.26. The van der Waals surface area contributed by atoms with E-state index in [0.717, 1.165) is 12.7 Å². The number of benzene rings is 3. The van der Waals surface area contributed by atoms with Crippen LogP contribution < -0.4 is 4.74 Å². The number of esters is 1. The van der Waals surface area contributed by atoms with Crippen LogP contribution >= 0.6 is 136 Å². The number of aromatic hydroxyl groups is 2. The van der Waals surface area contributed by atoms with Gasteiger partial charge in [0.25, 0.3) is 0 Å². The Morgan fingerprint density at radius 3 is 1.77 bits per heavy atom. The topological polar surface area (TPSA) is 76.0 Å². The quantitative estimate of drug-likeness (QED) is 0.183. The molecule has 1 spiro atoms. The van der Waals surface area contributed by atoms with E-state index in [4.69, 9.17) is 9.47 Å². The summed E-state index contributed by atoms with van der Waals surface area (Å²) in [4.78, 5) is 13.1. The zero-order valence-electron chi connectivity index (χ0n) is 14.7. The zero-order valence-corrected chi connectivity index (χ0v) is 27.6. The number of rotatable bonds is 0. The fourth-order valence-corrected chi connectivity index (χ4v) is 8.72. The molecule has 3 aromatic carbocycles. The van der Waals surface area contributed by atoms with Gasteiger partial charge in [0, 0.05) is 12.7 Å². The lowest BCUT2D eigenvalue weighted by molar-refractivity contribution is 0.0221. The third-order valence-electron chi connectivity index (χ3n) is 5.17. The van der Waals surface area contributed by atoms with Gasteiger partial charge in [-0.05, 0) is 160 Å². The zero-order chi connectivity index (χ0) is 22.4. The average molecular weight is 1090 g/mol. The molecular formula is C20H6I6O5. The van der Waals surface area contributed by atoms with E-state index >= 15 is 0 Å². The van der Waals surface area contributed by atoms with E-state index < -0.39 is 11.6 Å². The summed E-state index contributed by atoms with van der Waals surface area (Å²) in [7, 11) is 0. The minimum Gasteiger partial charge on any atom is -0.506 e. The normalized spacial score (nSPS) is 15.2. The van der Waals surface area contributed by atoms with E-state index in [9.17, 15) is 15.0 Å². The molecular weight excluding hydrogens is 1080 g/mol. The van der Waals surface area contributed by atoms with Gasteiger partial charge in [-0.3, -0.25) is 0 Å². The lowest BCUT2D eigenvalue weighted by Gasteiger charge is -2.38. The van der Waals surface area contributed by atoms with Crippen LogP contribution in [0.25, 0.3) is 0 Å². The number of phenolic OH excluding ortho intramolecular Hbond substituents is 2. The largest absolute Gasteiger partial charge is 0.506 e. The Hall–Kier alpha value is 0.910. The van der Waals surface area contributed by atoms with Gasteiger partial charge in [0.15, 0.2) is 17.1 Å². The summed E-state index contributed by atoms with van der Waals surface area (Å²) in [6, 6.07) is 7.30. The first-order chi connectivity index (χ1) is 14.6. The van der Waals surface area contributed by atoms with Gasteiger partial charge in [-0.1, -0.05) is 0 Å². The molecule has 2 aliphatic heterocycles. The average Bonchev–Trinajstić information content (AvgIpc) is 3.03. The summed E-state index contributed by atoms with van der Waals surface area (Å²) < 4.78 is 16.7. The van der Waals surface area contributed by atoms with Gasteiger partial charge in [-0.15, -0.1) is 0 Å². The van der Waals surface area contributed by atoms with Gasteiger partial charge in [0.2, 0.25) is 0 Å². The van der Waals surface area contributed by atoms with E-state index in [1.165, 1.54) is 0 Å². The molecule has 5 rings (SSSR count). The molecule has 5 nitrogen and oxygen atoms in total. The lowest BCUT2D eigenvalue weighted by Crippen LogP contribution is -2.35. The molecule has 2 N–H and O–H groups in total. The van der Waals surface area contributed by atoms with Crippen molar-refractivity contribution in [1.29, 1.82) is 0 Å². The maximum Gasteiger partial charge on any atom is 0.340 e. The highest BCUT2D eigenvalue weighted by Gasteiger charge is 2.56. The van der Waals surface area contributed by atoms with Gasteiger partial charge < -0.3 is 19.7 Å². The number of halogens is 6. The third-order valence-corrected chi connectivity index (χ3v) is 11.9. The number of hydrogen-bond donors (Lipinski definition) is 2. The van der Waals surface area contributed by atoms with Crippen LogP contribution in [0.2, 0.25) is 0 Å². The van der Waals surface area contributed by atoms with Gasteiger partial charge >= 0.3 is 5.97 Å². The molecule has 0 fully saturated rings. The first-order valence-corrected chi connectivity index (χ1v) is 14.9. The molecule has 31 heavy (non-hydrogen) atoms. The van der Waals surface area contributed by atoms with Crippen molar-refractivity contribution in [3.8, 4) is 23.0 Å². The molecule has 2 heterocycles. The number of hydrogen-bond acceptors (Lipinski definition) is 5. The molecule has 0 aromatic heterocycles. The van der Waals surface area contributed by atoms with Crippen molar-refractivity contribution in [2.75, 3.05) is 0 Å². The highest BCUT2D eigenvalue weighted by Crippen LogP contribution is 2.61. The molecule has 0 aliphatic carbocycles. The summed E-state index contributed by atoms with van der Waals surface area (Å²) in [6.45, 7) is 0. The molecule has 3 aromatic rings. The van der Waals surface area contributed by atoms with Crippen LogP contribution in [0.1, 0.15) is 27.0 Å². The first-order valence-electron chi connectivity index (χ1n) is 8.42. The molecule has 158 valence electrons. The number of carbonyl (C=O) groups excluding carboxylic acids is 1. The third kappa shape index (κ3) is 3.27. The summed E-state index contributed by atoms with van der Waals surface area (Å²) in [6.07, 6.45) is 0. The Bertz CT molecular complexity index is 1290. The van der Waals surface area contributed by atoms with Crippen molar-refractivity contribution < 1.29 is 24.5 Å². The Balaban J connectivity index is 2.03. The highest BCUT2D eigenvalue weighted by molar-refractivity contribution is 14.1. The predicted octanol–water partition coefficient (Wildman–Crippen LogP) is 7.29. The molecule has 0 atom stereocenters. The van der Waals surface area contributed by atoms with Crippen molar-refractivity contribution in [2.45, 2.75) is 5.60 Å². The second kappa shape index (κ2) is 8.25. The first kappa shape index (κ1) is 23.6. The van der Waals surface area contributed by atoms with Crippen LogP contribution in [0.5, 0.6) is 23.0 Å². The second-order valence-electron chi connectivity index (χ2n) is 6.75. The second-order valence-corrected chi connectivity index (χ2v) is 13.5. The van der Waals surface area contributed by atoms with Crippen molar-refractivity contribution in [3.05, 3.63) is 67.9 Å². The molecule has 0 radical (unpaired) electrons. The maximum absolute atomic E-state index is 13.1. The Morgan fingerprint density at radius 2 is 1.26 bits per heavy atom. The molecule has 11 heteroatoms. The van der Waals surface area contributed by atoms with Crippen molar-refractivity contribution in [1.82, 2.24) is 0 Å². The number of carbonyl (C=O) groups is 1. The Labute approximate surface area is 258 Å². The van der Waals surface area contributed by atoms with Crippen LogP contribution in [0.15, 0.2) is 24.3 Å². The maximum atomic E-state index is 13.1. The molecule has 2 aliphatic rings. The van der Waals surface area contributed by atoms with Crippen LogP contribution in [0.4, 0.5) is 0 Å². The SMILES string of the molecule is O=C1OC2(c3cc(I)c(O)c(I)c3Oc3c2cc(I)c(O)c3I)c2c1ccc(I)c2I. The van der Waals surface area contributed by atoms with Crippen molar-refractivity contribution in [2.24, 2.45) is 0 Å². The predicted molar refractivity (Wildman–Crippen MR) is 164 cm³/mol. The van der Waals surface area contributed by atoms with E-state index in [-0.39, 0.29) is 11.5 Å². The summed E-state index contributed by atoms with van der Waals surface area (Å²) >= 11 is 12.7. The summed E-state index contributed by atoms with van der Waals surface area (Å²) in [5.41, 5.74) is 1.30. The standard InChI is InChI=1S/C20H6I6O5/c21-8-2-1-5-11(12(8)24)20(31-19(5)29)6-3-9(22)15(27)13(25)17(6)30-18-7(20)4-10(23)16(28)14(18)26/h1-4,27-28H. The molecule has 0 amide bonds. The van der Waals surface area contributed by atoms with Gasteiger partial charge in [-0.25, -0.2) is 4.79 Å². The van der Waals surface area contributed by atoms with Crippen molar-refractivity contribution in [3.63, 3.8) is 0 Å².